The maximum atomic E-state index is 11.7. The molecule has 0 aliphatic heterocycles. The van der Waals surface area contributed by atoms with E-state index in [0.717, 1.165) is 5.56 Å². The van der Waals surface area contributed by atoms with Gasteiger partial charge in [-0.25, -0.2) is 4.79 Å². The van der Waals surface area contributed by atoms with Gasteiger partial charge in [-0.1, -0.05) is 23.7 Å². The Labute approximate surface area is 129 Å². The van der Waals surface area contributed by atoms with E-state index < -0.39 is 23.7 Å². The number of nitrogens with one attached hydrogen (secondary N) is 1. The van der Waals surface area contributed by atoms with Crippen LogP contribution in [-0.4, -0.2) is 28.8 Å². The highest BCUT2D eigenvalue weighted by Gasteiger charge is 2.21. The van der Waals surface area contributed by atoms with E-state index in [2.05, 4.69) is 5.32 Å². The summed E-state index contributed by atoms with van der Waals surface area (Å²) < 4.78 is 5.14. The van der Waals surface area contributed by atoms with E-state index >= 15 is 0 Å². The summed E-state index contributed by atoms with van der Waals surface area (Å²) in [4.78, 5) is 22.7. The maximum absolute atomic E-state index is 11.7. The van der Waals surface area contributed by atoms with Crippen molar-refractivity contribution in [2.75, 3.05) is 0 Å². The minimum Gasteiger partial charge on any atom is -0.481 e. The Kier molecular flexibility index (Phi) is 6.03. The molecule has 0 bridgehead atoms. The number of rotatable bonds is 5. The van der Waals surface area contributed by atoms with Crippen molar-refractivity contribution >= 4 is 23.7 Å². The predicted octanol–water partition coefficient (Wildman–Crippen LogP) is 3.25. The van der Waals surface area contributed by atoms with E-state index in [1.54, 1.807) is 45.0 Å². The highest BCUT2D eigenvalue weighted by atomic mass is 35.5. The van der Waals surface area contributed by atoms with Gasteiger partial charge in [-0.15, -0.1) is 0 Å². The number of amides is 1. The summed E-state index contributed by atoms with van der Waals surface area (Å²) >= 11 is 5.81. The third-order valence-electron chi connectivity index (χ3n) is 2.54. The topological polar surface area (TPSA) is 75.6 Å². The number of aliphatic carboxylic acids is 1. The lowest BCUT2D eigenvalue weighted by Gasteiger charge is -2.23. The van der Waals surface area contributed by atoms with Crippen molar-refractivity contribution in [1.82, 2.24) is 5.32 Å². The molecule has 0 aromatic heterocycles. The lowest BCUT2D eigenvalue weighted by atomic mass is 10.0. The first-order valence-electron chi connectivity index (χ1n) is 6.61. The Morgan fingerprint density at radius 2 is 1.86 bits per heavy atom. The van der Waals surface area contributed by atoms with E-state index in [9.17, 15) is 9.59 Å². The van der Waals surface area contributed by atoms with E-state index in [-0.39, 0.29) is 6.42 Å². The summed E-state index contributed by atoms with van der Waals surface area (Å²) in [6.45, 7) is 5.24. The van der Waals surface area contributed by atoms with Gasteiger partial charge in [-0.05, 0) is 44.9 Å². The van der Waals surface area contributed by atoms with E-state index in [4.69, 9.17) is 21.4 Å². The minimum atomic E-state index is -0.981. The molecule has 1 rings (SSSR count). The first-order valence-corrected chi connectivity index (χ1v) is 6.99. The Bertz CT molecular complexity index is 493. The number of carbonyl (C=O) groups is 2. The molecular formula is C15H20ClNO4. The van der Waals surface area contributed by atoms with E-state index in [1.165, 1.54) is 0 Å². The van der Waals surface area contributed by atoms with Crippen molar-refractivity contribution in [1.29, 1.82) is 0 Å². The van der Waals surface area contributed by atoms with Gasteiger partial charge in [0.25, 0.3) is 0 Å². The Balaban J connectivity index is 2.69. The molecule has 6 heteroatoms. The second-order valence-electron chi connectivity index (χ2n) is 5.77. The van der Waals surface area contributed by atoms with Crippen molar-refractivity contribution in [2.24, 2.45) is 0 Å². The van der Waals surface area contributed by atoms with Crippen LogP contribution in [0.15, 0.2) is 24.3 Å². The summed E-state index contributed by atoms with van der Waals surface area (Å²) in [5.41, 5.74) is 0.264. The summed E-state index contributed by atoms with van der Waals surface area (Å²) in [6.07, 6.45) is -0.410. The number of ether oxygens (including phenoxy) is 1. The highest BCUT2D eigenvalue weighted by molar-refractivity contribution is 6.30. The molecular weight excluding hydrogens is 294 g/mol. The van der Waals surface area contributed by atoms with Crippen LogP contribution in [-0.2, 0) is 16.0 Å². The fourth-order valence-corrected chi connectivity index (χ4v) is 1.89. The van der Waals surface area contributed by atoms with Crippen molar-refractivity contribution in [3.8, 4) is 0 Å². The molecule has 21 heavy (non-hydrogen) atoms. The zero-order chi connectivity index (χ0) is 16.0. The number of hydrogen-bond donors (Lipinski definition) is 2. The maximum Gasteiger partial charge on any atom is 0.407 e. The van der Waals surface area contributed by atoms with Crippen LogP contribution >= 0.6 is 11.6 Å². The first kappa shape index (κ1) is 17.3. The molecule has 2 N–H and O–H groups in total. The second kappa shape index (κ2) is 7.31. The third kappa shape index (κ3) is 7.56. The number of carboxylic acids is 1. The van der Waals surface area contributed by atoms with Crippen LogP contribution in [0.1, 0.15) is 32.8 Å². The van der Waals surface area contributed by atoms with Crippen molar-refractivity contribution in [2.45, 2.75) is 45.3 Å². The van der Waals surface area contributed by atoms with Crippen LogP contribution in [0.3, 0.4) is 0 Å². The van der Waals surface area contributed by atoms with Crippen LogP contribution in [0, 0.1) is 0 Å². The summed E-state index contributed by atoms with van der Waals surface area (Å²) in [5.74, 6) is -0.981. The monoisotopic (exact) mass is 313 g/mol. The van der Waals surface area contributed by atoms with Gasteiger partial charge in [0.05, 0.1) is 6.42 Å². The molecule has 1 amide bonds. The van der Waals surface area contributed by atoms with Crippen LogP contribution < -0.4 is 5.32 Å². The lowest BCUT2D eigenvalue weighted by Crippen LogP contribution is -2.41. The second-order valence-corrected chi connectivity index (χ2v) is 6.21. The number of halogens is 1. The molecule has 1 aromatic rings. The largest absolute Gasteiger partial charge is 0.481 e. The molecule has 0 spiro atoms. The molecule has 116 valence electrons. The van der Waals surface area contributed by atoms with Gasteiger partial charge in [0.1, 0.15) is 5.60 Å². The Morgan fingerprint density at radius 3 is 2.33 bits per heavy atom. The summed E-state index contributed by atoms with van der Waals surface area (Å²) in [7, 11) is 0. The summed E-state index contributed by atoms with van der Waals surface area (Å²) in [5, 5.41) is 12.1. The van der Waals surface area contributed by atoms with E-state index in [0.29, 0.717) is 11.4 Å². The van der Waals surface area contributed by atoms with Gasteiger partial charge in [0.2, 0.25) is 0 Å². The molecule has 0 unspecified atom stereocenters. The zero-order valence-electron chi connectivity index (χ0n) is 12.4. The molecule has 0 saturated heterocycles. The zero-order valence-corrected chi connectivity index (χ0v) is 13.1. The van der Waals surface area contributed by atoms with Gasteiger partial charge in [-0.2, -0.15) is 0 Å². The predicted molar refractivity (Wildman–Crippen MR) is 80.6 cm³/mol. The molecule has 0 heterocycles. The highest BCUT2D eigenvalue weighted by Crippen LogP contribution is 2.13. The molecule has 0 radical (unpaired) electrons. The smallest absolute Gasteiger partial charge is 0.407 e. The molecule has 1 aromatic carbocycles. The average molecular weight is 314 g/mol. The van der Waals surface area contributed by atoms with Crippen LogP contribution in [0.2, 0.25) is 5.02 Å². The fraction of sp³-hybridized carbons (Fsp3) is 0.467. The van der Waals surface area contributed by atoms with Crippen LogP contribution in [0.25, 0.3) is 0 Å². The van der Waals surface area contributed by atoms with Crippen LogP contribution in [0.4, 0.5) is 4.79 Å². The average Bonchev–Trinajstić information content (AvgIpc) is 2.28. The Morgan fingerprint density at radius 1 is 1.29 bits per heavy atom. The minimum absolute atomic E-state index is 0.179. The number of alkyl carbamates (subject to hydrolysis) is 1. The Hall–Kier alpha value is -1.75. The quantitative estimate of drug-likeness (QED) is 0.875. The third-order valence-corrected chi connectivity index (χ3v) is 2.79. The first-order chi connectivity index (χ1) is 9.65. The van der Waals surface area contributed by atoms with Gasteiger partial charge in [0.15, 0.2) is 0 Å². The van der Waals surface area contributed by atoms with Crippen molar-refractivity contribution in [3.63, 3.8) is 0 Å². The molecule has 0 saturated carbocycles. The van der Waals surface area contributed by atoms with Gasteiger partial charge in [0, 0.05) is 11.1 Å². The van der Waals surface area contributed by atoms with Crippen molar-refractivity contribution in [3.05, 3.63) is 34.9 Å². The van der Waals surface area contributed by atoms with Gasteiger partial charge >= 0.3 is 12.1 Å². The number of benzene rings is 1. The van der Waals surface area contributed by atoms with Gasteiger partial charge in [-0.3, -0.25) is 4.79 Å². The normalized spacial score (nSPS) is 12.6. The molecule has 0 aliphatic carbocycles. The molecule has 0 aliphatic rings. The standard InChI is InChI=1S/C15H20ClNO4/c1-15(2,3)21-14(20)17-12(9-13(18)19)8-10-4-6-11(16)7-5-10/h4-7,12H,8-9H2,1-3H3,(H,17,20)(H,18,19)/t12-/m0/s1. The van der Waals surface area contributed by atoms with Gasteiger partial charge < -0.3 is 15.2 Å². The lowest BCUT2D eigenvalue weighted by molar-refractivity contribution is -0.137. The number of carboxylic acid groups (broad SMARTS) is 1. The van der Waals surface area contributed by atoms with E-state index in [1.807, 2.05) is 0 Å². The summed E-state index contributed by atoms with van der Waals surface area (Å²) in [6, 6.07) is 6.50. The van der Waals surface area contributed by atoms with Crippen LogP contribution in [0.5, 0.6) is 0 Å². The number of hydrogen-bond acceptors (Lipinski definition) is 3. The molecule has 1 atom stereocenters. The van der Waals surface area contributed by atoms with Crippen molar-refractivity contribution < 1.29 is 19.4 Å². The number of carbonyl (C=O) groups excluding carboxylic acids is 1. The molecule has 5 nitrogen and oxygen atoms in total. The molecule has 0 fully saturated rings. The SMILES string of the molecule is CC(C)(C)OC(=O)N[C@H](CC(=O)O)Cc1ccc(Cl)cc1. The fourth-order valence-electron chi connectivity index (χ4n) is 1.76.